The summed E-state index contributed by atoms with van der Waals surface area (Å²) in [6, 6.07) is 0. The van der Waals surface area contributed by atoms with Crippen molar-refractivity contribution in [3.63, 3.8) is 0 Å². The molecular weight excluding hydrogens is 252 g/mol. The van der Waals surface area contributed by atoms with Gasteiger partial charge in [-0.15, -0.1) is 0 Å². The van der Waals surface area contributed by atoms with Crippen LogP contribution in [0.3, 0.4) is 0 Å². The molecule has 3 N–H and O–H groups in total. The van der Waals surface area contributed by atoms with Crippen LogP contribution in [-0.2, 0) is 4.74 Å². The van der Waals surface area contributed by atoms with E-state index in [-0.39, 0.29) is 17.0 Å². The minimum Gasteiger partial charge on any atom is -0.444 e. The maximum atomic E-state index is 12.2. The van der Waals surface area contributed by atoms with Gasteiger partial charge in [0.2, 0.25) is 0 Å². The fourth-order valence-electron chi connectivity index (χ4n) is 3.92. The van der Waals surface area contributed by atoms with E-state index in [1.165, 1.54) is 25.7 Å². The Morgan fingerprint density at radius 1 is 1.10 bits per heavy atom. The van der Waals surface area contributed by atoms with Gasteiger partial charge in [-0.25, -0.2) is 4.79 Å². The van der Waals surface area contributed by atoms with Crippen LogP contribution in [0.25, 0.3) is 0 Å². The Balaban J connectivity index is 2.10. The number of nitrogens with two attached hydrogens (primary N) is 1. The number of amides is 1. The Hall–Kier alpha value is -0.770. The second kappa shape index (κ2) is 5.55. The van der Waals surface area contributed by atoms with Gasteiger partial charge in [0.15, 0.2) is 0 Å². The Kier molecular flexibility index (Phi) is 4.33. The number of nitrogens with one attached hydrogen (secondary N) is 1. The molecule has 0 spiro atoms. The van der Waals surface area contributed by atoms with E-state index >= 15 is 0 Å². The first-order valence-electron chi connectivity index (χ1n) is 8.04. The number of carbonyl (C=O) groups excluding carboxylic acids is 1. The van der Waals surface area contributed by atoms with Gasteiger partial charge in [-0.1, -0.05) is 19.3 Å². The van der Waals surface area contributed by atoms with E-state index in [4.69, 9.17) is 10.5 Å². The summed E-state index contributed by atoms with van der Waals surface area (Å²) in [5.74, 6) is 0. The molecule has 2 rings (SSSR count). The number of rotatable bonds is 3. The molecule has 2 saturated carbocycles. The third-order valence-corrected chi connectivity index (χ3v) is 5.16. The standard InChI is InChI=1S/C16H30N2O2/c1-14(2,3)20-13(19)18-16(10-7-11-16)15(12-17)8-5-4-6-9-15/h4-12,17H2,1-3H3,(H,18,19). The third kappa shape index (κ3) is 2.95. The van der Waals surface area contributed by atoms with Gasteiger partial charge < -0.3 is 15.8 Å². The first-order chi connectivity index (χ1) is 9.33. The van der Waals surface area contributed by atoms with Gasteiger partial charge in [0, 0.05) is 12.0 Å². The second-order valence-electron chi connectivity index (χ2n) is 7.61. The first-order valence-corrected chi connectivity index (χ1v) is 8.04. The van der Waals surface area contributed by atoms with Gasteiger partial charge in [-0.05, 0) is 52.9 Å². The molecule has 0 heterocycles. The molecule has 116 valence electrons. The normalized spacial score (nSPS) is 24.6. The summed E-state index contributed by atoms with van der Waals surface area (Å²) in [6.45, 7) is 6.38. The van der Waals surface area contributed by atoms with Crippen LogP contribution in [0.5, 0.6) is 0 Å². The minimum absolute atomic E-state index is 0.0837. The average molecular weight is 282 g/mol. The van der Waals surface area contributed by atoms with Crippen LogP contribution < -0.4 is 11.1 Å². The van der Waals surface area contributed by atoms with Crippen LogP contribution >= 0.6 is 0 Å². The van der Waals surface area contributed by atoms with Gasteiger partial charge in [0.25, 0.3) is 0 Å². The van der Waals surface area contributed by atoms with E-state index in [2.05, 4.69) is 5.32 Å². The Labute approximate surface area is 122 Å². The van der Waals surface area contributed by atoms with E-state index in [0.717, 1.165) is 25.7 Å². The lowest BCUT2D eigenvalue weighted by atomic mass is 9.53. The fourth-order valence-corrected chi connectivity index (χ4v) is 3.92. The number of hydrogen-bond acceptors (Lipinski definition) is 3. The second-order valence-corrected chi connectivity index (χ2v) is 7.61. The molecule has 0 atom stereocenters. The van der Waals surface area contributed by atoms with Gasteiger partial charge in [-0.3, -0.25) is 0 Å². The number of hydrogen-bond donors (Lipinski definition) is 2. The van der Waals surface area contributed by atoms with Gasteiger partial charge >= 0.3 is 6.09 Å². The van der Waals surface area contributed by atoms with Crippen molar-refractivity contribution in [1.29, 1.82) is 0 Å². The molecule has 2 aliphatic rings. The van der Waals surface area contributed by atoms with Gasteiger partial charge in [0.05, 0.1) is 5.54 Å². The van der Waals surface area contributed by atoms with Crippen molar-refractivity contribution in [2.45, 2.75) is 83.3 Å². The van der Waals surface area contributed by atoms with Gasteiger partial charge in [-0.2, -0.15) is 0 Å². The topological polar surface area (TPSA) is 64.3 Å². The summed E-state index contributed by atoms with van der Waals surface area (Å²) >= 11 is 0. The lowest BCUT2D eigenvalue weighted by Gasteiger charge is -2.57. The predicted octanol–water partition coefficient (Wildman–Crippen LogP) is 3.34. The lowest BCUT2D eigenvalue weighted by Crippen LogP contribution is -2.67. The monoisotopic (exact) mass is 282 g/mol. The van der Waals surface area contributed by atoms with Crippen LogP contribution in [0.4, 0.5) is 4.79 Å². The summed E-state index contributed by atoms with van der Waals surface area (Å²) in [6.07, 6.45) is 9.02. The lowest BCUT2D eigenvalue weighted by molar-refractivity contribution is -0.0249. The van der Waals surface area contributed by atoms with Crippen molar-refractivity contribution in [2.24, 2.45) is 11.1 Å². The predicted molar refractivity (Wildman–Crippen MR) is 80.5 cm³/mol. The quantitative estimate of drug-likeness (QED) is 0.834. The van der Waals surface area contributed by atoms with E-state index in [9.17, 15) is 4.79 Å². The Morgan fingerprint density at radius 3 is 2.10 bits per heavy atom. The molecule has 4 nitrogen and oxygen atoms in total. The third-order valence-electron chi connectivity index (χ3n) is 5.16. The summed E-state index contributed by atoms with van der Waals surface area (Å²) < 4.78 is 5.46. The van der Waals surface area contributed by atoms with Crippen LogP contribution in [-0.4, -0.2) is 23.8 Å². The molecule has 0 unspecified atom stereocenters. The molecule has 2 aliphatic carbocycles. The molecule has 4 heteroatoms. The van der Waals surface area contributed by atoms with Crippen LogP contribution in [0.1, 0.15) is 72.1 Å². The van der Waals surface area contributed by atoms with Crippen molar-refractivity contribution in [2.75, 3.05) is 6.54 Å². The molecule has 20 heavy (non-hydrogen) atoms. The van der Waals surface area contributed by atoms with E-state index in [1.807, 2.05) is 20.8 Å². The Morgan fingerprint density at radius 2 is 1.70 bits per heavy atom. The summed E-state index contributed by atoms with van der Waals surface area (Å²) in [5.41, 5.74) is 5.66. The average Bonchev–Trinajstić information content (AvgIpc) is 2.32. The highest BCUT2D eigenvalue weighted by atomic mass is 16.6. The molecule has 0 aliphatic heterocycles. The molecule has 0 aromatic heterocycles. The molecule has 0 aromatic rings. The van der Waals surface area contributed by atoms with Crippen LogP contribution in [0, 0.1) is 5.41 Å². The first kappa shape index (κ1) is 15.6. The highest BCUT2D eigenvalue weighted by molar-refractivity contribution is 5.69. The van der Waals surface area contributed by atoms with E-state index < -0.39 is 5.60 Å². The molecule has 0 radical (unpaired) electrons. The summed E-state index contributed by atoms with van der Waals surface area (Å²) in [7, 11) is 0. The number of ether oxygens (including phenoxy) is 1. The summed E-state index contributed by atoms with van der Waals surface area (Å²) in [5, 5.41) is 3.21. The molecule has 1 amide bonds. The SMILES string of the molecule is CC(C)(C)OC(=O)NC1(C2(CN)CCCCC2)CCC1. The summed E-state index contributed by atoms with van der Waals surface area (Å²) in [4.78, 5) is 12.2. The minimum atomic E-state index is -0.447. The largest absolute Gasteiger partial charge is 0.444 e. The molecule has 0 aromatic carbocycles. The highest BCUT2D eigenvalue weighted by Gasteiger charge is 2.55. The molecule has 0 saturated heterocycles. The molecule has 0 bridgehead atoms. The maximum Gasteiger partial charge on any atom is 0.408 e. The number of carbonyl (C=O) groups is 1. The molecule has 2 fully saturated rings. The van der Waals surface area contributed by atoms with Crippen LogP contribution in [0.15, 0.2) is 0 Å². The van der Waals surface area contributed by atoms with Crippen molar-refractivity contribution in [1.82, 2.24) is 5.32 Å². The van der Waals surface area contributed by atoms with Crippen molar-refractivity contribution < 1.29 is 9.53 Å². The smallest absolute Gasteiger partial charge is 0.408 e. The van der Waals surface area contributed by atoms with E-state index in [0.29, 0.717) is 6.54 Å². The number of alkyl carbamates (subject to hydrolysis) is 1. The zero-order chi connectivity index (χ0) is 14.9. The zero-order valence-electron chi connectivity index (χ0n) is 13.3. The van der Waals surface area contributed by atoms with Crippen LogP contribution in [0.2, 0.25) is 0 Å². The fraction of sp³-hybridized carbons (Fsp3) is 0.938. The van der Waals surface area contributed by atoms with Crippen molar-refractivity contribution in [3.05, 3.63) is 0 Å². The van der Waals surface area contributed by atoms with Crippen molar-refractivity contribution >= 4 is 6.09 Å². The zero-order valence-corrected chi connectivity index (χ0v) is 13.3. The highest BCUT2D eigenvalue weighted by Crippen LogP contribution is 2.53. The van der Waals surface area contributed by atoms with Gasteiger partial charge in [0.1, 0.15) is 5.60 Å². The molecular formula is C16H30N2O2. The van der Waals surface area contributed by atoms with Crippen molar-refractivity contribution in [3.8, 4) is 0 Å². The maximum absolute atomic E-state index is 12.2. The Bertz CT molecular complexity index is 350. The van der Waals surface area contributed by atoms with E-state index in [1.54, 1.807) is 0 Å².